The van der Waals surface area contributed by atoms with Crippen molar-refractivity contribution in [2.24, 2.45) is 0 Å². The van der Waals surface area contributed by atoms with Gasteiger partial charge >= 0.3 is 41.5 Å². The van der Waals surface area contributed by atoms with Gasteiger partial charge in [0.25, 0.3) is 0 Å². The van der Waals surface area contributed by atoms with Crippen LogP contribution < -0.4 is 0 Å². The molecule has 20 heavy (non-hydrogen) atoms. The van der Waals surface area contributed by atoms with E-state index in [1.165, 1.54) is 45.4 Å². The Morgan fingerprint density at radius 2 is 1.35 bits per heavy atom. The Kier molecular flexibility index (Phi) is 16.9. The van der Waals surface area contributed by atoms with Gasteiger partial charge in [0.15, 0.2) is 0 Å². The molecule has 0 amide bonds. The topological polar surface area (TPSA) is 43.4 Å². The Labute approximate surface area is 145 Å². The Morgan fingerprint density at radius 1 is 0.900 bits per heavy atom. The zero-order valence-electron chi connectivity index (χ0n) is 12.5. The van der Waals surface area contributed by atoms with Gasteiger partial charge in [-0.1, -0.05) is 64.9 Å². The molecule has 0 saturated carbocycles. The number of carbonyl (C=O) groups excluding carboxylic acids is 2. The van der Waals surface area contributed by atoms with Crippen molar-refractivity contribution in [1.29, 1.82) is 0 Å². The molecule has 3 nitrogen and oxygen atoms in total. The maximum absolute atomic E-state index is 11.3. The first kappa shape index (κ1) is 22.2. The van der Waals surface area contributed by atoms with Crippen LogP contribution >= 0.6 is 0 Å². The number of hydrogen-bond donors (Lipinski definition) is 0. The second-order valence-corrected chi connectivity index (χ2v) is 5.12. The van der Waals surface area contributed by atoms with Gasteiger partial charge in [0.2, 0.25) is 0 Å². The van der Waals surface area contributed by atoms with E-state index in [4.69, 9.17) is 0 Å². The van der Waals surface area contributed by atoms with Gasteiger partial charge in [0.1, 0.15) is 0 Å². The van der Waals surface area contributed by atoms with Crippen LogP contribution in [0.3, 0.4) is 0 Å². The molecule has 0 saturated heterocycles. The molecule has 0 unspecified atom stereocenters. The predicted octanol–water partition coefficient (Wildman–Crippen LogP) is 3.90. The standard InChI is InChI=1S/C16H28O3.Na.H/c1-4-5-6-7-8-9-10-11-12-13-15(17)19-16(18)14(2)3;;/h2,4-13H2,1,3H3;;. The first-order valence-corrected chi connectivity index (χ1v) is 7.48. The molecule has 0 aromatic heterocycles. The second-order valence-electron chi connectivity index (χ2n) is 5.12. The fourth-order valence-electron chi connectivity index (χ4n) is 1.82. The van der Waals surface area contributed by atoms with Gasteiger partial charge in [0, 0.05) is 12.0 Å². The van der Waals surface area contributed by atoms with E-state index in [2.05, 4.69) is 18.2 Å². The Bertz CT molecular complexity index is 287. The quantitative estimate of drug-likeness (QED) is 0.191. The monoisotopic (exact) mass is 292 g/mol. The molecule has 0 atom stereocenters. The Hall–Kier alpha value is -0.120. The zero-order chi connectivity index (χ0) is 14.5. The van der Waals surface area contributed by atoms with Crippen LogP contribution in [0.25, 0.3) is 0 Å². The van der Waals surface area contributed by atoms with Crippen molar-refractivity contribution >= 4 is 41.5 Å². The van der Waals surface area contributed by atoms with E-state index in [1.807, 2.05) is 0 Å². The molecule has 112 valence electrons. The summed E-state index contributed by atoms with van der Waals surface area (Å²) in [6, 6.07) is 0. The summed E-state index contributed by atoms with van der Waals surface area (Å²) in [4.78, 5) is 22.4. The molecule has 0 aliphatic heterocycles. The molecule has 0 rings (SSSR count). The van der Waals surface area contributed by atoms with Crippen LogP contribution in [0.4, 0.5) is 0 Å². The fraction of sp³-hybridized carbons (Fsp3) is 0.750. The molecule has 4 heteroatoms. The van der Waals surface area contributed by atoms with E-state index >= 15 is 0 Å². The SMILES string of the molecule is C=C(C)C(=O)OC(=O)CCCCCCCCCCC.[NaH]. The Morgan fingerprint density at radius 3 is 1.80 bits per heavy atom. The third-order valence-electron chi connectivity index (χ3n) is 3.04. The van der Waals surface area contributed by atoms with Crippen molar-refractivity contribution in [3.8, 4) is 0 Å². The summed E-state index contributed by atoms with van der Waals surface area (Å²) in [5, 5.41) is 0. The minimum absolute atomic E-state index is 0. The van der Waals surface area contributed by atoms with Crippen LogP contribution in [0.5, 0.6) is 0 Å². The van der Waals surface area contributed by atoms with Crippen molar-refractivity contribution in [1.82, 2.24) is 0 Å². The van der Waals surface area contributed by atoms with Crippen molar-refractivity contribution < 1.29 is 14.3 Å². The van der Waals surface area contributed by atoms with Gasteiger partial charge in [-0.25, -0.2) is 4.79 Å². The summed E-state index contributed by atoms with van der Waals surface area (Å²) in [6.07, 6.45) is 11.1. The zero-order valence-corrected chi connectivity index (χ0v) is 12.5. The van der Waals surface area contributed by atoms with E-state index in [0.717, 1.165) is 19.3 Å². The summed E-state index contributed by atoms with van der Waals surface area (Å²) < 4.78 is 4.61. The van der Waals surface area contributed by atoms with E-state index in [0.29, 0.717) is 6.42 Å². The summed E-state index contributed by atoms with van der Waals surface area (Å²) >= 11 is 0. The maximum atomic E-state index is 11.3. The van der Waals surface area contributed by atoms with Crippen LogP contribution in [-0.4, -0.2) is 41.5 Å². The van der Waals surface area contributed by atoms with Crippen LogP contribution in [0, 0.1) is 0 Å². The van der Waals surface area contributed by atoms with Gasteiger partial charge in [-0.3, -0.25) is 4.79 Å². The molecule has 0 aromatic carbocycles. The van der Waals surface area contributed by atoms with E-state index in [9.17, 15) is 9.59 Å². The first-order chi connectivity index (χ1) is 9.07. The van der Waals surface area contributed by atoms with Gasteiger partial charge in [-0.05, 0) is 13.3 Å². The van der Waals surface area contributed by atoms with Crippen molar-refractivity contribution in [3.63, 3.8) is 0 Å². The molecule has 0 spiro atoms. The molecule has 0 fully saturated rings. The van der Waals surface area contributed by atoms with Crippen molar-refractivity contribution in [2.45, 2.75) is 78.1 Å². The number of rotatable bonds is 11. The van der Waals surface area contributed by atoms with E-state index in [-0.39, 0.29) is 35.1 Å². The molecule has 0 heterocycles. The molecular formula is C16H29NaO3. The minimum atomic E-state index is -0.610. The number of esters is 2. The number of hydrogen-bond acceptors (Lipinski definition) is 3. The normalized spacial score (nSPS) is 9.70. The van der Waals surface area contributed by atoms with Gasteiger partial charge in [-0.2, -0.15) is 0 Å². The molecule has 0 bridgehead atoms. The third kappa shape index (κ3) is 14.3. The number of unbranched alkanes of at least 4 members (excludes halogenated alkanes) is 8. The summed E-state index contributed by atoms with van der Waals surface area (Å²) in [6.45, 7) is 7.19. The van der Waals surface area contributed by atoms with Gasteiger partial charge < -0.3 is 4.74 Å². The molecule has 0 aliphatic carbocycles. The number of carbonyl (C=O) groups is 2. The molecule has 0 N–H and O–H groups in total. The van der Waals surface area contributed by atoms with E-state index < -0.39 is 11.9 Å². The third-order valence-corrected chi connectivity index (χ3v) is 3.04. The molecule has 0 aliphatic rings. The summed E-state index contributed by atoms with van der Waals surface area (Å²) in [5.74, 6) is -1.04. The molecule has 0 aromatic rings. The van der Waals surface area contributed by atoms with E-state index in [1.54, 1.807) is 0 Å². The molecular weight excluding hydrogens is 263 g/mol. The predicted molar refractivity (Wildman–Crippen MR) is 84.9 cm³/mol. The van der Waals surface area contributed by atoms with Crippen molar-refractivity contribution in [2.75, 3.05) is 0 Å². The first-order valence-electron chi connectivity index (χ1n) is 7.48. The van der Waals surface area contributed by atoms with Crippen molar-refractivity contribution in [3.05, 3.63) is 12.2 Å². The number of ether oxygens (including phenoxy) is 1. The summed E-state index contributed by atoms with van der Waals surface area (Å²) in [5.41, 5.74) is 0.264. The average Bonchev–Trinajstić information content (AvgIpc) is 2.36. The van der Waals surface area contributed by atoms with Crippen LogP contribution in [0.2, 0.25) is 0 Å². The van der Waals surface area contributed by atoms with Gasteiger partial charge in [-0.15, -0.1) is 0 Å². The second kappa shape index (κ2) is 15.3. The van der Waals surface area contributed by atoms with Crippen LogP contribution in [0.15, 0.2) is 12.2 Å². The van der Waals surface area contributed by atoms with Crippen LogP contribution in [0.1, 0.15) is 78.1 Å². The fourth-order valence-corrected chi connectivity index (χ4v) is 1.82. The van der Waals surface area contributed by atoms with Crippen LogP contribution in [-0.2, 0) is 14.3 Å². The average molecular weight is 292 g/mol. The Balaban J connectivity index is 0. The molecule has 0 radical (unpaired) electrons. The summed E-state index contributed by atoms with van der Waals surface area (Å²) in [7, 11) is 0. The van der Waals surface area contributed by atoms with Gasteiger partial charge in [0.05, 0.1) is 0 Å².